The number of aromatic nitrogens is 1. The number of piperidine rings is 1. The van der Waals surface area contributed by atoms with Crippen LogP contribution in [-0.4, -0.2) is 43.4 Å². The largest absolute Gasteiger partial charge is 0.393 e. The van der Waals surface area contributed by atoms with Crippen molar-refractivity contribution in [3.05, 3.63) is 35.6 Å². The summed E-state index contributed by atoms with van der Waals surface area (Å²) in [7, 11) is 0. The number of anilines is 3. The van der Waals surface area contributed by atoms with Crippen molar-refractivity contribution >= 4 is 23.4 Å². The molecular formula is C22H28F3N5O. The molecule has 1 aromatic rings. The highest BCUT2D eigenvalue weighted by atomic mass is 19.4. The molecule has 3 aliphatic rings. The fourth-order valence-corrected chi connectivity index (χ4v) is 4.29. The average Bonchev–Trinajstić information content (AvgIpc) is 3.12. The number of nitrogens with zero attached hydrogens (tertiary/aromatic N) is 3. The summed E-state index contributed by atoms with van der Waals surface area (Å²) in [4.78, 5) is 21.0. The summed E-state index contributed by atoms with van der Waals surface area (Å²) in [6.45, 7) is 3.66. The van der Waals surface area contributed by atoms with E-state index in [1.54, 1.807) is 15.9 Å². The Bertz CT molecular complexity index is 896. The van der Waals surface area contributed by atoms with Gasteiger partial charge in [-0.2, -0.15) is 13.2 Å². The molecule has 0 radical (unpaired) electrons. The highest BCUT2D eigenvalue weighted by molar-refractivity contribution is 5.95. The first kappa shape index (κ1) is 21.5. The van der Waals surface area contributed by atoms with Crippen LogP contribution in [0.25, 0.3) is 0 Å². The fraction of sp³-hybridized carbons (Fsp3) is 0.545. The Balaban J connectivity index is 1.59. The van der Waals surface area contributed by atoms with Gasteiger partial charge in [0.05, 0.1) is 11.6 Å². The van der Waals surface area contributed by atoms with Gasteiger partial charge in [-0.15, -0.1) is 0 Å². The summed E-state index contributed by atoms with van der Waals surface area (Å²) < 4.78 is 39.8. The number of alkyl halides is 3. The Morgan fingerprint density at radius 1 is 1.23 bits per heavy atom. The summed E-state index contributed by atoms with van der Waals surface area (Å²) in [5.41, 5.74) is 2.66. The van der Waals surface area contributed by atoms with Gasteiger partial charge in [-0.25, -0.2) is 9.78 Å². The minimum absolute atomic E-state index is 0.104. The molecule has 0 bridgehead atoms. The topological polar surface area (TPSA) is 60.5 Å². The van der Waals surface area contributed by atoms with Gasteiger partial charge in [0.2, 0.25) is 0 Å². The predicted octanol–water partition coefficient (Wildman–Crippen LogP) is 4.82. The van der Waals surface area contributed by atoms with E-state index in [1.165, 1.54) is 0 Å². The number of rotatable bonds is 2. The van der Waals surface area contributed by atoms with Gasteiger partial charge in [-0.05, 0) is 50.8 Å². The predicted molar refractivity (Wildman–Crippen MR) is 115 cm³/mol. The maximum Gasteiger partial charge on any atom is 0.393 e. The maximum atomic E-state index is 13.3. The van der Waals surface area contributed by atoms with Crippen LogP contribution in [0.3, 0.4) is 0 Å². The van der Waals surface area contributed by atoms with Gasteiger partial charge in [0.25, 0.3) is 0 Å². The fourth-order valence-electron chi connectivity index (χ4n) is 4.29. The monoisotopic (exact) mass is 435 g/mol. The molecule has 0 saturated carbocycles. The lowest BCUT2D eigenvalue weighted by molar-refractivity contribution is -0.176. The lowest BCUT2D eigenvalue weighted by Gasteiger charge is -2.35. The summed E-state index contributed by atoms with van der Waals surface area (Å²) in [6.07, 6.45) is 2.77. The van der Waals surface area contributed by atoms with Gasteiger partial charge in [0, 0.05) is 38.3 Å². The van der Waals surface area contributed by atoms with Gasteiger partial charge in [0.1, 0.15) is 5.82 Å². The Morgan fingerprint density at radius 3 is 2.81 bits per heavy atom. The van der Waals surface area contributed by atoms with Gasteiger partial charge < -0.3 is 15.5 Å². The molecule has 168 valence electrons. The number of halogens is 3. The zero-order valence-electron chi connectivity index (χ0n) is 17.6. The van der Waals surface area contributed by atoms with Crippen molar-refractivity contribution in [2.24, 2.45) is 5.92 Å². The molecule has 2 aliphatic heterocycles. The first-order valence-corrected chi connectivity index (χ1v) is 10.8. The van der Waals surface area contributed by atoms with Crippen LogP contribution in [0.2, 0.25) is 0 Å². The highest BCUT2D eigenvalue weighted by Crippen LogP contribution is 2.36. The lowest BCUT2D eigenvalue weighted by atomic mass is 9.97. The minimum Gasteiger partial charge on any atom is -0.382 e. The number of pyridine rings is 1. The lowest BCUT2D eigenvalue weighted by Crippen LogP contribution is -2.43. The molecule has 6 nitrogen and oxygen atoms in total. The Kier molecular flexibility index (Phi) is 6.11. The van der Waals surface area contributed by atoms with Crippen molar-refractivity contribution in [3.63, 3.8) is 0 Å². The Morgan fingerprint density at radius 2 is 2.06 bits per heavy atom. The molecule has 1 aromatic heterocycles. The zero-order valence-corrected chi connectivity index (χ0v) is 17.6. The highest BCUT2D eigenvalue weighted by Gasteiger charge is 2.42. The molecule has 0 spiro atoms. The number of fused-ring (bicyclic) bond motifs is 1. The molecule has 2 amide bonds. The second kappa shape index (κ2) is 8.80. The SMILES string of the molecule is CC1=CCC(NC(=O)N2CCCCNc3ccc(N4CCCC(C(F)(F)F)C4)nc32)=C1. The van der Waals surface area contributed by atoms with E-state index in [1.807, 2.05) is 25.1 Å². The molecule has 1 saturated heterocycles. The van der Waals surface area contributed by atoms with Crippen LogP contribution in [0.4, 0.5) is 35.3 Å². The number of urea groups is 1. The zero-order chi connectivity index (χ0) is 22.0. The van der Waals surface area contributed by atoms with E-state index in [2.05, 4.69) is 15.6 Å². The molecule has 3 heterocycles. The maximum absolute atomic E-state index is 13.3. The number of hydrogen-bond acceptors (Lipinski definition) is 4. The number of hydrogen-bond donors (Lipinski definition) is 2. The van der Waals surface area contributed by atoms with Crippen molar-refractivity contribution in [2.75, 3.05) is 41.3 Å². The second-order valence-electron chi connectivity index (χ2n) is 8.40. The van der Waals surface area contributed by atoms with Gasteiger partial charge in [0.15, 0.2) is 5.82 Å². The van der Waals surface area contributed by atoms with E-state index < -0.39 is 12.1 Å². The minimum atomic E-state index is -4.21. The number of carbonyl (C=O) groups excluding carboxylic acids is 1. The van der Waals surface area contributed by atoms with Gasteiger partial charge in [-0.1, -0.05) is 11.6 Å². The van der Waals surface area contributed by atoms with E-state index >= 15 is 0 Å². The number of amides is 2. The number of carbonyl (C=O) groups is 1. The van der Waals surface area contributed by atoms with Crippen molar-refractivity contribution in [2.45, 2.75) is 45.2 Å². The van der Waals surface area contributed by atoms with Crippen LogP contribution >= 0.6 is 0 Å². The normalized spacial score (nSPS) is 22.0. The van der Waals surface area contributed by atoms with Crippen LogP contribution in [0, 0.1) is 5.92 Å². The standard InChI is InChI=1S/C22H28F3N5O/c1-15-6-7-17(13-15)27-21(31)30-12-3-2-10-26-18-8-9-19(28-20(18)30)29-11-4-5-16(14-29)22(23,24)25/h6,8-9,13,16,26H,2-5,7,10-12,14H2,1H3,(H,27,31). The molecule has 9 heteroatoms. The van der Waals surface area contributed by atoms with Crippen LogP contribution in [0.15, 0.2) is 35.6 Å². The molecule has 1 unspecified atom stereocenters. The summed E-state index contributed by atoms with van der Waals surface area (Å²) in [5.74, 6) is -0.412. The molecule has 31 heavy (non-hydrogen) atoms. The van der Waals surface area contributed by atoms with E-state index in [9.17, 15) is 18.0 Å². The quantitative estimate of drug-likeness (QED) is 0.700. The molecule has 2 N–H and O–H groups in total. The van der Waals surface area contributed by atoms with E-state index in [4.69, 9.17) is 0 Å². The number of nitrogens with one attached hydrogen (secondary N) is 2. The summed E-state index contributed by atoms with van der Waals surface area (Å²) in [5, 5.41) is 6.27. The molecule has 1 aliphatic carbocycles. The molecular weight excluding hydrogens is 407 g/mol. The molecule has 0 aromatic carbocycles. The van der Waals surface area contributed by atoms with Gasteiger partial charge >= 0.3 is 12.2 Å². The van der Waals surface area contributed by atoms with E-state index in [0.717, 1.165) is 36.3 Å². The van der Waals surface area contributed by atoms with Crippen molar-refractivity contribution in [1.82, 2.24) is 10.3 Å². The first-order valence-electron chi connectivity index (χ1n) is 10.8. The summed E-state index contributed by atoms with van der Waals surface area (Å²) in [6, 6.07) is 3.30. The third kappa shape index (κ3) is 4.97. The van der Waals surface area contributed by atoms with E-state index in [-0.39, 0.29) is 19.0 Å². The van der Waals surface area contributed by atoms with E-state index in [0.29, 0.717) is 37.6 Å². The van der Waals surface area contributed by atoms with Gasteiger partial charge in [-0.3, -0.25) is 4.90 Å². The van der Waals surface area contributed by atoms with Crippen LogP contribution in [0.1, 0.15) is 39.0 Å². The Labute approximate surface area is 180 Å². The smallest absolute Gasteiger partial charge is 0.382 e. The molecule has 1 atom stereocenters. The first-order chi connectivity index (χ1) is 14.8. The average molecular weight is 435 g/mol. The van der Waals surface area contributed by atoms with Crippen LogP contribution in [0.5, 0.6) is 0 Å². The summed E-state index contributed by atoms with van der Waals surface area (Å²) >= 11 is 0. The third-order valence-electron chi connectivity index (χ3n) is 6.01. The second-order valence-corrected chi connectivity index (χ2v) is 8.40. The number of allylic oxidation sites excluding steroid dienone is 3. The van der Waals surface area contributed by atoms with Crippen molar-refractivity contribution < 1.29 is 18.0 Å². The van der Waals surface area contributed by atoms with Crippen LogP contribution < -0.4 is 20.4 Å². The molecule has 1 fully saturated rings. The Hall–Kier alpha value is -2.71. The van der Waals surface area contributed by atoms with Crippen molar-refractivity contribution in [1.29, 1.82) is 0 Å². The van der Waals surface area contributed by atoms with Crippen LogP contribution in [-0.2, 0) is 0 Å². The van der Waals surface area contributed by atoms with Crippen molar-refractivity contribution in [3.8, 4) is 0 Å². The molecule has 4 rings (SSSR count). The third-order valence-corrected chi connectivity index (χ3v) is 6.01.